The van der Waals surface area contributed by atoms with Gasteiger partial charge in [0.2, 0.25) is 0 Å². The highest BCUT2D eigenvalue weighted by molar-refractivity contribution is 9.50. The molecule has 0 heterocycles. The van der Waals surface area contributed by atoms with E-state index < -0.39 is 0 Å². The van der Waals surface area contributed by atoms with Crippen LogP contribution < -0.4 is 0 Å². The first-order valence-electron chi connectivity index (χ1n) is 3.32. The van der Waals surface area contributed by atoms with Crippen LogP contribution in [0.15, 0.2) is 10.5 Å². The van der Waals surface area contributed by atoms with Crippen molar-refractivity contribution in [1.29, 1.82) is 0 Å². The molecule has 0 aromatic carbocycles. The average Bonchev–Trinajstić information content (AvgIpc) is 1.88. The van der Waals surface area contributed by atoms with Crippen LogP contribution in [0.4, 0.5) is 0 Å². The summed E-state index contributed by atoms with van der Waals surface area (Å²) < 4.78 is 1.46. The molecule has 4 heteroatoms. The third-order valence-corrected chi connectivity index (χ3v) is 4.10. The summed E-state index contributed by atoms with van der Waals surface area (Å²) in [6.45, 7) is 2.20. The van der Waals surface area contributed by atoms with Gasteiger partial charge < -0.3 is 0 Å². The highest BCUT2D eigenvalue weighted by Crippen LogP contribution is 2.20. The summed E-state index contributed by atoms with van der Waals surface area (Å²) in [5.41, 5.74) is 0. The van der Waals surface area contributed by atoms with Crippen molar-refractivity contribution in [2.24, 2.45) is 0 Å². The Hall–Kier alpha value is 1.24. The van der Waals surface area contributed by atoms with Crippen molar-refractivity contribution in [3.05, 3.63) is 10.5 Å². The standard InChI is InChI=1S/C6H10BBr3/c1-2-3-4-5-6(8)7(9)10/h5H,2-4H2,1H3/b6-5-. The zero-order chi connectivity index (χ0) is 7.98. The summed E-state index contributed by atoms with van der Waals surface area (Å²) in [6, 6.07) is 0. The van der Waals surface area contributed by atoms with Crippen molar-refractivity contribution in [3.63, 3.8) is 0 Å². The zero-order valence-corrected chi connectivity index (χ0v) is 10.7. The summed E-state index contributed by atoms with van der Waals surface area (Å²) in [4.78, 5) is 0. The number of halogens is 3. The summed E-state index contributed by atoms with van der Waals surface area (Å²) in [6.07, 6.45) is 5.87. The second-order valence-corrected chi connectivity index (χ2v) is 6.01. The Morgan fingerprint density at radius 1 is 1.50 bits per heavy atom. The number of rotatable bonds is 4. The van der Waals surface area contributed by atoms with Crippen LogP contribution in [-0.2, 0) is 0 Å². The Kier molecular flexibility index (Phi) is 7.79. The van der Waals surface area contributed by atoms with Gasteiger partial charge in [-0.25, -0.2) is 0 Å². The fourth-order valence-corrected chi connectivity index (χ4v) is 1.14. The third kappa shape index (κ3) is 5.99. The minimum atomic E-state index is 0.275. The van der Waals surface area contributed by atoms with Crippen LogP contribution in [-0.4, -0.2) is 4.36 Å². The molecule has 0 saturated carbocycles. The molecule has 0 atom stereocenters. The molecule has 0 rings (SSSR count). The van der Waals surface area contributed by atoms with Gasteiger partial charge in [0.25, 0.3) is 0 Å². The van der Waals surface area contributed by atoms with Gasteiger partial charge in [-0.05, 0) is 10.8 Å². The predicted octanol–water partition coefficient (Wildman–Crippen LogP) is 4.27. The van der Waals surface area contributed by atoms with E-state index in [0.29, 0.717) is 0 Å². The first-order valence-corrected chi connectivity index (χ1v) is 5.94. The molecule has 0 aliphatic rings. The van der Waals surface area contributed by atoms with Crippen LogP contribution in [0, 0.1) is 0 Å². The van der Waals surface area contributed by atoms with E-state index in [1.165, 1.54) is 17.2 Å². The minimum Gasteiger partial charge on any atom is -0.132 e. The molecule has 58 valence electrons. The van der Waals surface area contributed by atoms with E-state index in [2.05, 4.69) is 60.4 Å². The molecule has 0 fully saturated rings. The molecule has 10 heavy (non-hydrogen) atoms. The maximum atomic E-state index is 3.44. The Labute approximate surface area is 88.0 Å². The molecule has 0 aliphatic heterocycles. The lowest BCUT2D eigenvalue weighted by atomic mass is 10.1. The fourth-order valence-electron chi connectivity index (χ4n) is 0.533. The minimum absolute atomic E-state index is 0.275. The monoisotopic (exact) mass is 330 g/mol. The van der Waals surface area contributed by atoms with Gasteiger partial charge in [0.05, 0.1) is 0 Å². The molecule has 0 nitrogen and oxygen atoms in total. The molecule has 0 amide bonds. The van der Waals surface area contributed by atoms with Crippen molar-refractivity contribution in [2.45, 2.75) is 26.2 Å². The van der Waals surface area contributed by atoms with Crippen molar-refractivity contribution >= 4 is 51.8 Å². The average molecular weight is 333 g/mol. The van der Waals surface area contributed by atoms with Crippen molar-refractivity contribution in [1.82, 2.24) is 0 Å². The lowest BCUT2D eigenvalue weighted by Crippen LogP contribution is -1.89. The normalized spacial score (nSPS) is 11.8. The SMILES string of the molecule is CCCC/C=C(\Br)B(Br)Br. The number of hydrogen-bond donors (Lipinski definition) is 0. The van der Waals surface area contributed by atoms with Gasteiger partial charge in [0, 0.05) is 0 Å². The second kappa shape index (κ2) is 6.92. The number of unbranched alkanes of at least 4 members (excludes halogenated alkanes) is 2. The highest BCUT2D eigenvalue weighted by atomic mass is 79.9. The Balaban J connectivity index is 3.48. The Morgan fingerprint density at radius 3 is 2.50 bits per heavy atom. The molecule has 0 radical (unpaired) electrons. The maximum Gasteiger partial charge on any atom is 0.336 e. The molecule has 0 spiro atoms. The van der Waals surface area contributed by atoms with E-state index in [-0.39, 0.29) is 4.36 Å². The van der Waals surface area contributed by atoms with Gasteiger partial charge in [-0.3, -0.25) is 0 Å². The van der Waals surface area contributed by atoms with E-state index in [4.69, 9.17) is 0 Å². The molecule has 0 aromatic rings. The van der Waals surface area contributed by atoms with E-state index in [9.17, 15) is 0 Å². The van der Waals surface area contributed by atoms with Gasteiger partial charge in [-0.15, -0.1) is 31.5 Å². The molecule has 0 aliphatic carbocycles. The summed E-state index contributed by atoms with van der Waals surface area (Å²) in [7, 11) is 0. The Morgan fingerprint density at radius 2 is 2.10 bits per heavy atom. The van der Waals surface area contributed by atoms with E-state index in [1.807, 2.05) is 0 Å². The predicted molar refractivity (Wildman–Crippen MR) is 60.1 cm³/mol. The van der Waals surface area contributed by atoms with Crippen LogP contribution in [0.5, 0.6) is 0 Å². The van der Waals surface area contributed by atoms with E-state index in [0.717, 1.165) is 6.42 Å². The fraction of sp³-hybridized carbons (Fsp3) is 0.667. The van der Waals surface area contributed by atoms with Crippen molar-refractivity contribution in [2.75, 3.05) is 0 Å². The van der Waals surface area contributed by atoms with Crippen molar-refractivity contribution < 1.29 is 0 Å². The first-order chi connectivity index (χ1) is 4.68. The summed E-state index contributed by atoms with van der Waals surface area (Å²) in [5, 5.41) is 0. The van der Waals surface area contributed by atoms with Crippen LogP contribution in [0.3, 0.4) is 0 Å². The zero-order valence-electron chi connectivity index (χ0n) is 5.91. The lowest BCUT2D eigenvalue weighted by molar-refractivity contribution is 0.815. The van der Waals surface area contributed by atoms with Crippen LogP contribution >= 0.6 is 47.4 Å². The van der Waals surface area contributed by atoms with Gasteiger partial charge in [-0.2, -0.15) is 0 Å². The summed E-state index contributed by atoms with van der Waals surface area (Å²) >= 11 is 10.2. The maximum absolute atomic E-state index is 3.44. The van der Waals surface area contributed by atoms with Crippen LogP contribution in [0.25, 0.3) is 0 Å². The second-order valence-electron chi connectivity index (χ2n) is 2.03. The van der Waals surface area contributed by atoms with E-state index in [1.54, 1.807) is 0 Å². The molecular weight excluding hydrogens is 323 g/mol. The molecule has 0 saturated heterocycles. The van der Waals surface area contributed by atoms with Gasteiger partial charge >= 0.3 is 4.36 Å². The smallest absolute Gasteiger partial charge is 0.132 e. The van der Waals surface area contributed by atoms with E-state index >= 15 is 0 Å². The molecule has 0 bridgehead atoms. The largest absolute Gasteiger partial charge is 0.336 e. The summed E-state index contributed by atoms with van der Waals surface area (Å²) in [5.74, 6) is 0. The topological polar surface area (TPSA) is 0 Å². The van der Waals surface area contributed by atoms with Gasteiger partial charge in [-0.1, -0.05) is 41.8 Å². The highest BCUT2D eigenvalue weighted by Gasteiger charge is 2.06. The molecule has 0 aromatic heterocycles. The molecular formula is C6H10BBr3. The number of hydrogen-bond acceptors (Lipinski definition) is 0. The molecule has 0 N–H and O–H groups in total. The third-order valence-electron chi connectivity index (χ3n) is 1.11. The van der Waals surface area contributed by atoms with Gasteiger partial charge in [0.15, 0.2) is 0 Å². The van der Waals surface area contributed by atoms with Gasteiger partial charge in [0.1, 0.15) is 0 Å². The first kappa shape index (κ1) is 11.2. The van der Waals surface area contributed by atoms with Crippen LogP contribution in [0.1, 0.15) is 26.2 Å². The molecule has 0 unspecified atom stereocenters. The van der Waals surface area contributed by atoms with Crippen molar-refractivity contribution in [3.8, 4) is 0 Å². The van der Waals surface area contributed by atoms with Crippen LogP contribution in [0.2, 0.25) is 0 Å². The lowest BCUT2D eigenvalue weighted by Gasteiger charge is -1.94. The number of allylic oxidation sites excluding steroid dienone is 1. The quantitative estimate of drug-likeness (QED) is 0.533. The Bertz CT molecular complexity index is 112.